The van der Waals surface area contributed by atoms with Crippen molar-refractivity contribution in [1.82, 2.24) is 0 Å². The fraction of sp³-hybridized carbons (Fsp3) is 1.00. The summed E-state index contributed by atoms with van der Waals surface area (Å²) in [5.41, 5.74) is 4.72. The van der Waals surface area contributed by atoms with Gasteiger partial charge in [0.1, 0.15) is 5.60 Å². The van der Waals surface area contributed by atoms with Crippen LogP contribution in [0.2, 0.25) is 0 Å². The largest absolute Gasteiger partial charge is 0.386 e. The van der Waals surface area contributed by atoms with Crippen molar-refractivity contribution in [1.29, 1.82) is 0 Å². The monoisotopic (exact) mass is 159 g/mol. The molecule has 0 heterocycles. The smallest absolute Gasteiger partial charge is 0.103 e. The molecule has 0 aromatic heterocycles. The van der Waals surface area contributed by atoms with Crippen LogP contribution in [0.1, 0.15) is 19.8 Å². The molecule has 3 nitrogen and oxygen atoms in total. The van der Waals surface area contributed by atoms with E-state index in [1.807, 2.05) is 6.92 Å². The van der Waals surface area contributed by atoms with Crippen LogP contribution >= 0.6 is 0 Å². The van der Waals surface area contributed by atoms with Crippen molar-refractivity contribution in [3.8, 4) is 0 Å². The van der Waals surface area contributed by atoms with Crippen molar-refractivity contribution in [2.45, 2.75) is 25.4 Å². The van der Waals surface area contributed by atoms with Crippen molar-refractivity contribution < 1.29 is 9.84 Å². The molecule has 0 spiro atoms. The maximum Gasteiger partial charge on any atom is 0.103 e. The van der Waals surface area contributed by atoms with Crippen LogP contribution in [-0.2, 0) is 4.74 Å². The van der Waals surface area contributed by atoms with E-state index in [9.17, 15) is 5.11 Å². The number of nitrogens with two attached hydrogens (primary N) is 1. The molecular weight excluding hydrogens is 142 g/mol. The molecule has 1 unspecified atom stereocenters. The number of rotatable bonds is 5. The lowest BCUT2D eigenvalue weighted by molar-refractivity contribution is -0.0520. The summed E-state index contributed by atoms with van der Waals surface area (Å²) >= 11 is 0. The average molecular weight is 159 g/mol. The number of hydrogen-bond donors (Lipinski definition) is 2. The summed E-state index contributed by atoms with van der Waals surface area (Å²) in [6, 6.07) is 0. The minimum Gasteiger partial charge on any atom is -0.386 e. The Hall–Kier alpha value is -0.120. The zero-order valence-corrected chi connectivity index (χ0v) is 7.05. The van der Waals surface area contributed by atoms with E-state index in [0.29, 0.717) is 25.7 Å². The lowest BCUT2D eigenvalue weighted by atomic mass is 10.00. The average Bonchev–Trinajstić information content (AvgIpc) is 2.82. The van der Waals surface area contributed by atoms with Gasteiger partial charge in [-0.25, -0.2) is 0 Å². The highest BCUT2D eigenvalue weighted by Crippen LogP contribution is 2.39. The third-order valence-electron chi connectivity index (χ3n) is 2.25. The van der Waals surface area contributed by atoms with Crippen LogP contribution in [0, 0.1) is 5.92 Å². The molecule has 1 rings (SSSR count). The summed E-state index contributed by atoms with van der Waals surface area (Å²) in [4.78, 5) is 0. The van der Waals surface area contributed by atoms with E-state index >= 15 is 0 Å². The molecule has 3 N–H and O–H groups in total. The molecule has 0 saturated heterocycles. The first-order chi connectivity index (χ1) is 5.23. The van der Waals surface area contributed by atoms with Gasteiger partial charge in [-0.05, 0) is 25.7 Å². The molecule has 0 aromatic rings. The minimum absolute atomic E-state index is 0.317. The summed E-state index contributed by atoms with van der Waals surface area (Å²) in [5.74, 6) is 0.388. The van der Waals surface area contributed by atoms with Gasteiger partial charge in [0.2, 0.25) is 0 Å². The van der Waals surface area contributed by atoms with Crippen molar-refractivity contribution in [2.24, 2.45) is 11.7 Å². The zero-order chi connectivity index (χ0) is 8.32. The zero-order valence-electron chi connectivity index (χ0n) is 7.05. The summed E-state index contributed by atoms with van der Waals surface area (Å²) in [5, 5.41) is 9.84. The Morgan fingerprint density at radius 3 is 2.64 bits per heavy atom. The second-order valence-corrected chi connectivity index (χ2v) is 3.22. The summed E-state index contributed by atoms with van der Waals surface area (Å²) < 4.78 is 5.16. The van der Waals surface area contributed by atoms with Crippen LogP contribution in [0.25, 0.3) is 0 Å². The van der Waals surface area contributed by atoms with Crippen molar-refractivity contribution in [3.63, 3.8) is 0 Å². The molecule has 11 heavy (non-hydrogen) atoms. The van der Waals surface area contributed by atoms with E-state index in [1.165, 1.54) is 0 Å². The maximum atomic E-state index is 9.84. The van der Waals surface area contributed by atoms with E-state index in [4.69, 9.17) is 10.5 Å². The van der Waals surface area contributed by atoms with Crippen LogP contribution in [0.15, 0.2) is 0 Å². The van der Waals surface area contributed by atoms with Crippen LogP contribution in [0.5, 0.6) is 0 Å². The van der Waals surface area contributed by atoms with Crippen LogP contribution in [-0.4, -0.2) is 30.5 Å². The normalized spacial score (nSPS) is 23.2. The molecule has 66 valence electrons. The van der Waals surface area contributed by atoms with Gasteiger partial charge < -0.3 is 15.6 Å². The minimum atomic E-state index is -0.740. The molecule has 1 atom stereocenters. The van der Waals surface area contributed by atoms with Crippen molar-refractivity contribution in [2.75, 3.05) is 19.8 Å². The Morgan fingerprint density at radius 1 is 1.64 bits per heavy atom. The second-order valence-electron chi connectivity index (χ2n) is 3.22. The Labute approximate surface area is 67.5 Å². The highest BCUT2D eigenvalue weighted by atomic mass is 16.5. The lowest BCUT2D eigenvalue weighted by Gasteiger charge is -2.25. The predicted octanol–water partition coefficient (Wildman–Crippen LogP) is 0.123. The van der Waals surface area contributed by atoms with Crippen LogP contribution in [0.4, 0.5) is 0 Å². The molecule has 0 aromatic carbocycles. The van der Waals surface area contributed by atoms with Gasteiger partial charge >= 0.3 is 0 Å². The fourth-order valence-electron chi connectivity index (χ4n) is 1.24. The van der Waals surface area contributed by atoms with E-state index in [0.717, 1.165) is 12.8 Å². The van der Waals surface area contributed by atoms with Gasteiger partial charge in [-0.2, -0.15) is 0 Å². The Bertz CT molecular complexity index is 125. The second kappa shape index (κ2) is 3.52. The third kappa shape index (κ3) is 2.15. The van der Waals surface area contributed by atoms with Gasteiger partial charge in [-0.3, -0.25) is 0 Å². The van der Waals surface area contributed by atoms with E-state index < -0.39 is 5.60 Å². The molecule has 0 aliphatic heterocycles. The molecular formula is C8H17NO2. The number of aliphatic hydroxyl groups is 1. The van der Waals surface area contributed by atoms with Gasteiger partial charge in [0.05, 0.1) is 6.61 Å². The van der Waals surface area contributed by atoms with Crippen LogP contribution < -0.4 is 5.73 Å². The van der Waals surface area contributed by atoms with E-state index in [2.05, 4.69) is 0 Å². The van der Waals surface area contributed by atoms with Crippen molar-refractivity contribution in [3.05, 3.63) is 0 Å². The van der Waals surface area contributed by atoms with Gasteiger partial charge in [0.25, 0.3) is 0 Å². The van der Waals surface area contributed by atoms with E-state index in [1.54, 1.807) is 0 Å². The SMILES string of the molecule is CCOCC(O)(CN)C1CC1. The Kier molecular flexibility index (Phi) is 2.87. The standard InChI is InChI=1S/C8H17NO2/c1-2-11-6-8(10,5-9)7-3-4-7/h7,10H,2-6,9H2,1H3. The first kappa shape index (κ1) is 8.97. The predicted molar refractivity (Wildman–Crippen MR) is 43.2 cm³/mol. The molecule has 1 saturated carbocycles. The van der Waals surface area contributed by atoms with E-state index in [-0.39, 0.29) is 0 Å². The lowest BCUT2D eigenvalue weighted by Crippen LogP contribution is -2.44. The highest BCUT2D eigenvalue weighted by molar-refractivity contribution is 4.95. The molecule has 0 amide bonds. The Morgan fingerprint density at radius 2 is 2.27 bits per heavy atom. The van der Waals surface area contributed by atoms with Gasteiger partial charge in [-0.1, -0.05) is 0 Å². The summed E-state index contributed by atoms with van der Waals surface area (Å²) in [6.07, 6.45) is 2.20. The van der Waals surface area contributed by atoms with Gasteiger partial charge in [0.15, 0.2) is 0 Å². The molecule has 1 aliphatic carbocycles. The van der Waals surface area contributed by atoms with Crippen molar-refractivity contribution >= 4 is 0 Å². The first-order valence-electron chi connectivity index (χ1n) is 4.23. The van der Waals surface area contributed by atoms with Crippen LogP contribution in [0.3, 0.4) is 0 Å². The van der Waals surface area contributed by atoms with Gasteiger partial charge in [-0.15, -0.1) is 0 Å². The summed E-state index contributed by atoms with van der Waals surface area (Å²) in [7, 11) is 0. The van der Waals surface area contributed by atoms with Gasteiger partial charge in [0, 0.05) is 13.2 Å². The molecule has 0 radical (unpaired) electrons. The number of ether oxygens (including phenoxy) is 1. The fourth-order valence-corrected chi connectivity index (χ4v) is 1.24. The molecule has 1 aliphatic rings. The molecule has 1 fully saturated rings. The third-order valence-corrected chi connectivity index (χ3v) is 2.25. The molecule has 3 heteroatoms. The maximum absolute atomic E-state index is 9.84. The first-order valence-corrected chi connectivity index (χ1v) is 4.23. The topological polar surface area (TPSA) is 55.5 Å². The quantitative estimate of drug-likeness (QED) is 0.599. The summed E-state index contributed by atoms with van der Waals surface area (Å²) in [6.45, 7) is 3.28. The molecule has 0 bridgehead atoms. The number of hydrogen-bond acceptors (Lipinski definition) is 3. The Balaban J connectivity index is 2.31. The highest BCUT2D eigenvalue weighted by Gasteiger charge is 2.42.